The Bertz CT molecular complexity index is 201. The lowest BCUT2D eigenvalue weighted by Crippen LogP contribution is -2.33. The molecule has 0 aromatic heterocycles. The Morgan fingerprint density at radius 2 is 1.90 bits per heavy atom. The highest BCUT2D eigenvalue weighted by molar-refractivity contribution is 6.09. The maximum absolute atomic E-state index is 11.2. The summed E-state index contributed by atoms with van der Waals surface area (Å²) in [4.78, 5) is 22.0. The standard InChI is InChI=1S/C8H10O2/c9-6-4-7(10)8(5-6)2-1-3-8/h1-5H2. The van der Waals surface area contributed by atoms with E-state index in [9.17, 15) is 9.59 Å². The third-order valence-electron chi connectivity index (χ3n) is 2.80. The van der Waals surface area contributed by atoms with Gasteiger partial charge in [0.05, 0.1) is 6.42 Å². The van der Waals surface area contributed by atoms with Gasteiger partial charge in [-0.2, -0.15) is 0 Å². The van der Waals surface area contributed by atoms with Gasteiger partial charge >= 0.3 is 0 Å². The summed E-state index contributed by atoms with van der Waals surface area (Å²) < 4.78 is 0. The summed E-state index contributed by atoms with van der Waals surface area (Å²) in [6.45, 7) is 0. The van der Waals surface area contributed by atoms with Crippen LogP contribution in [0.25, 0.3) is 0 Å². The molecule has 0 atom stereocenters. The zero-order chi connectivity index (χ0) is 7.19. The van der Waals surface area contributed by atoms with E-state index in [1.165, 1.54) is 0 Å². The minimum absolute atomic E-state index is 0.142. The predicted octanol–water partition coefficient (Wildman–Crippen LogP) is 1.09. The fourth-order valence-electron chi connectivity index (χ4n) is 1.96. The van der Waals surface area contributed by atoms with Crippen molar-refractivity contribution in [2.45, 2.75) is 32.1 Å². The SMILES string of the molecule is O=C1CC(=O)C2(CCC2)C1. The van der Waals surface area contributed by atoms with Crippen molar-refractivity contribution in [1.29, 1.82) is 0 Å². The minimum atomic E-state index is -0.142. The molecule has 0 radical (unpaired) electrons. The number of Topliss-reactive ketones (excluding diaryl/α,β-unsaturated/α-hetero) is 2. The van der Waals surface area contributed by atoms with Crippen molar-refractivity contribution in [1.82, 2.24) is 0 Å². The molecule has 2 aliphatic rings. The van der Waals surface area contributed by atoms with Gasteiger partial charge in [-0.25, -0.2) is 0 Å². The smallest absolute Gasteiger partial charge is 0.146 e. The molecule has 0 amide bonds. The molecule has 0 N–H and O–H groups in total. The molecule has 2 rings (SSSR count). The van der Waals surface area contributed by atoms with Crippen LogP contribution in [0.5, 0.6) is 0 Å². The van der Waals surface area contributed by atoms with Crippen molar-refractivity contribution in [2.75, 3.05) is 0 Å². The van der Waals surface area contributed by atoms with Crippen molar-refractivity contribution in [3.63, 3.8) is 0 Å². The lowest BCUT2D eigenvalue weighted by Gasteiger charge is -2.35. The summed E-state index contributed by atoms with van der Waals surface area (Å²) in [7, 11) is 0. The summed E-state index contributed by atoms with van der Waals surface area (Å²) >= 11 is 0. The number of rotatable bonds is 0. The van der Waals surface area contributed by atoms with Crippen LogP contribution in [0.1, 0.15) is 32.1 Å². The number of hydrogen-bond acceptors (Lipinski definition) is 2. The van der Waals surface area contributed by atoms with Crippen LogP contribution in [0.15, 0.2) is 0 Å². The van der Waals surface area contributed by atoms with Crippen LogP contribution in [0.2, 0.25) is 0 Å². The average molecular weight is 138 g/mol. The summed E-state index contributed by atoms with van der Waals surface area (Å²) in [6.07, 6.45) is 3.85. The summed E-state index contributed by atoms with van der Waals surface area (Å²) in [6, 6.07) is 0. The molecule has 0 unspecified atom stereocenters. The Morgan fingerprint density at radius 3 is 2.10 bits per heavy atom. The second-order valence-corrected chi connectivity index (χ2v) is 3.45. The number of hydrogen-bond donors (Lipinski definition) is 0. The van der Waals surface area contributed by atoms with E-state index in [0.717, 1.165) is 19.3 Å². The molecule has 2 saturated carbocycles. The van der Waals surface area contributed by atoms with Gasteiger partial charge in [0, 0.05) is 11.8 Å². The van der Waals surface area contributed by atoms with Gasteiger partial charge in [-0.15, -0.1) is 0 Å². The maximum Gasteiger partial charge on any atom is 0.146 e. The lowest BCUT2D eigenvalue weighted by molar-refractivity contribution is -0.129. The van der Waals surface area contributed by atoms with Crippen molar-refractivity contribution in [2.24, 2.45) is 5.41 Å². The first-order chi connectivity index (χ1) is 4.73. The fraction of sp³-hybridized carbons (Fsp3) is 0.750. The number of carbonyl (C=O) groups excluding carboxylic acids is 2. The first-order valence-corrected chi connectivity index (χ1v) is 3.78. The highest BCUT2D eigenvalue weighted by atomic mass is 16.2. The zero-order valence-corrected chi connectivity index (χ0v) is 5.85. The van der Waals surface area contributed by atoms with Crippen molar-refractivity contribution >= 4 is 11.6 Å². The molecule has 0 aromatic rings. The van der Waals surface area contributed by atoms with Crippen molar-refractivity contribution in [3.05, 3.63) is 0 Å². The van der Waals surface area contributed by atoms with Gasteiger partial charge in [0.15, 0.2) is 0 Å². The topological polar surface area (TPSA) is 34.1 Å². The largest absolute Gasteiger partial charge is 0.299 e. The molecule has 54 valence electrons. The van der Waals surface area contributed by atoms with Crippen LogP contribution in [-0.2, 0) is 9.59 Å². The third-order valence-corrected chi connectivity index (χ3v) is 2.80. The first-order valence-electron chi connectivity index (χ1n) is 3.78. The van der Waals surface area contributed by atoms with Crippen LogP contribution < -0.4 is 0 Å². The molecule has 0 aromatic carbocycles. The van der Waals surface area contributed by atoms with E-state index >= 15 is 0 Å². The predicted molar refractivity (Wildman–Crippen MR) is 35.5 cm³/mol. The Labute approximate surface area is 59.6 Å². The second-order valence-electron chi connectivity index (χ2n) is 3.45. The maximum atomic E-state index is 11.2. The van der Waals surface area contributed by atoms with Gasteiger partial charge in [-0.05, 0) is 12.8 Å². The van der Waals surface area contributed by atoms with Crippen LogP contribution in [0, 0.1) is 5.41 Å². The number of carbonyl (C=O) groups is 2. The Balaban J connectivity index is 2.23. The Hall–Kier alpha value is -0.660. The quantitative estimate of drug-likeness (QED) is 0.469. The normalized spacial score (nSPS) is 29.2. The number of ketones is 2. The van der Waals surface area contributed by atoms with Crippen LogP contribution in [-0.4, -0.2) is 11.6 Å². The van der Waals surface area contributed by atoms with Gasteiger partial charge in [-0.3, -0.25) is 9.59 Å². The zero-order valence-electron chi connectivity index (χ0n) is 5.85. The molecule has 2 aliphatic carbocycles. The summed E-state index contributed by atoms with van der Waals surface area (Å²) in [5.74, 6) is 0.369. The van der Waals surface area contributed by atoms with E-state index in [2.05, 4.69) is 0 Å². The highest BCUT2D eigenvalue weighted by Gasteiger charge is 2.49. The minimum Gasteiger partial charge on any atom is -0.299 e. The second kappa shape index (κ2) is 1.68. The van der Waals surface area contributed by atoms with E-state index in [-0.39, 0.29) is 23.4 Å². The highest BCUT2D eigenvalue weighted by Crippen LogP contribution is 2.49. The van der Waals surface area contributed by atoms with E-state index in [1.807, 2.05) is 0 Å². The molecule has 2 nitrogen and oxygen atoms in total. The first kappa shape index (κ1) is 6.08. The molecule has 1 spiro atoms. The molecule has 0 aliphatic heterocycles. The molecule has 0 heterocycles. The van der Waals surface area contributed by atoms with Crippen LogP contribution in [0.4, 0.5) is 0 Å². The molecule has 10 heavy (non-hydrogen) atoms. The Morgan fingerprint density at radius 1 is 1.20 bits per heavy atom. The van der Waals surface area contributed by atoms with Crippen molar-refractivity contribution < 1.29 is 9.59 Å². The van der Waals surface area contributed by atoms with Gasteiger partial charge < -0.3 is 0 Å². The summed E-state index contributed by atoms with van der Waals surface area (Å²) in [5.41, 5.74) is -0.142. The van der Waals surface area contributed by atoms with Crippen LogP contribution >= 0.6 is 0 Å². The Kier molecular flexibility index (Phi) is 1.02. The average Bonchev–Trinajstić information content (AvgIpc) is 2.04. The van der Waals surface area contributed by atoms with E-state index in [0.29, 0.717) is 6.42 Å². The van der Waals surface area contributed by atoms with Gasteiger partial charge in [-0.1, -0.05) is 6.42 Å². The third kappa shape index (κ3) is 0.591. The van der Waals surface area contributed by atoms with E-state index < -0.39 is 0 Å². The molecule has 2 heteroatoms. The van der Waals surface area contributed by atoms with Crippen LogP contribution in [0.3, 0.4) is 0 Å². The lowest BCUT2D eigenvalue weighted by atomic mass is 9.67. The fourth-order valence-corrected chi connectivity index (χ4v) is 1.96. The monoisotopic (exact) mass is 138 g/mol. The molecule has 0 saturated heterocycles. The summed E-state index contributed by atoms with van der Waals surface area (Å²) in [5, 5.41) is 0. The van der Waals surface area contributed by atoms with E-state index in [4.69, 9.17) is 0 Å². The van der Waals surface area contributed by atoms with Crippen molar-refractivity contribution in [3.8, 4) is 0 Å². The molecular weight excluding hydrogens is 128 g/mol. The van der Waals surface area contributed by atoms with Gasteiger partial charge in [0.25, 0.3) is 0 Å². The molecule has 2 fully saturated rings. The molecular formula is C8H10O2. The van der Waals surface area contributed by atoms with Gasteiger partial charge in [0.1, 0.15) is 11.6 Å². The molecule has 0 bridgehead atoms. The van der Waals surface area contributed by atoms with E-state index in [1.54, 1.807) is 0 Å². The van der Waals surface area contributed by atoms with Gasteiger partial charge in [0.2, 0.25) is 0 Å².